The maximum Gasteiger partial charge on any atom is 0.293 e. The molecule has 5 heteroatoms. The van der Waals surface area contributed by atoms with E-state index in [1.165, 1.54) is 6.07 Å². The zero-order chi connectivity index (χ0) is 15.8. The smallest absolute Gasteiger partial charge is 0.293 e. The van der Waals surface area contributed by atoms with Gasteiger partial charge in [-0.05, 0) is 42.9 Å². The average Bonchev–Trinajstić information content (AvgIpc) is 3.22. The third-order valence-corrected chi connectivity index (χ3v) is 6.09. The Kier molecular flexibility index (Phi) is 2.63. The van der Waals surface area contributed by atoms with Crippen molar-refractivity contribution in [1.82, 2.24) is 0 Å². The van der Waals surface area contributed by atoms with Gasteiger partial charge in [-0.1, -0.05) is 19.8 Å². The Balaban J connectivity index is 1.80. The fourth-order valence-electron chi connectivity index (χ4n) is 5.24. The maximum absolute atomic E-state index is 14.2. The Morgan fingerprint density at radius 3 is 2.61 bits per heavy atom. The highest BCUT2D eigenvalue weighted by Crippen LogP contribution is 2.59. The molecule has 0 bridgehead atoms. The van der Waals surface area contributed by atoms with Crippen LogP contribution in [0.15, 0.2) is 12.1 Å². The van der Waals surface area contributed by atoms with E-state index in [1.54, 1.807) is 6.07 Å². The monoisotopic (exact) mass is 317 g/mol. The van der Waals surface area contributed by atoms with Crippen LogP contribution in [0.25, 0.3) is 0 Å². The van der Waals surface area contributed by atoms with Crippen LogP contribution in [-0.2, 0) is 20.1 Å². The third-order valence-electron chi connectivity index (χ3n) is 6.09. The van der Waals surface area contributed by atoms with Gasteiger partial charge in [-0.15, -0.1) is 0 Å². The quantitative estimate of drug-likeness (QED) is 0.737. The molecule has 122 valence electrons. The van der Waals surface area contributed by atoms with Crippen molar-refractivity contribution in [3.8, 4) is 0 Å². The molecule has 1 saturated heterocycles. The number of carbonyl (C=O) groups excluding carboxylic acids is 1. The molecule has 3 heterocycles. The molecule has 5 rings (SSSR count). The van der Waals surface area contributed by atoms with E-state index in [4.69, 9.17) is 9.47 Å². The number of amides is 1. The minimum Gasteiger partial charge on any atom is -0.336 e. The topological polar surface area (TPSA) is 38.8 Å². The predicted octanol–water partition coefficient (Wildman–Crippen LogP) is 3.19. The van der Waals surface area contributed by atoms with Crippen LogP contribution in [0.5, 0.6) is 0 Å². The lowest BCUT2D eigenvalue weighted by atomic mass is 9.77. The summed E-state index contributed by atoms with van der Waals surface area (Å²) in [6.07, 6.45) is 5.18. The van der Waals surface area contributed by atoms with Crippen LogP contribution in [0.4, 0.5) is 10.1 Å². The minimum atomic E-state index is -1.41. The number of ether oxygens (including phenoxy) is 2. The SMILES string of the molecule is C[C@H]1CC2(CCCC2)N2C(=O)C3(OCCO3)c3cc(F)cc1c32. The number of hydrogen-bond acceptors (Lipinski definition) is 3. The molecule has 0 N–H and O–H groups in total. The van der Waals surface area contributed by atoms with E-state index in [9.17, 15) is 9.18 Å². The van der Waals surface area contributed by atoms with Gasteiger partial charge in [0, 0.05) is 11.1 Å². The van der Waals surface area contributed by atoms with Gasteiger partial charge in [-0.3, -0.25) is 4.79 Å². The van der Waals surface area contributed by atoms with Crippen molar-refractivity contribution in [1.29, 1.82) is 0 Å². The molecule has 0 unspecified atom stereocenters. The lowest BCUT2D eigenvalue weighted by molar-refractivity contribution is -0.181. The predicted molar refractivity (Wildman–Crippen MR) is 81.7 cm³/mol. The molecule has 1 aromatic rings. The van der Waals surface area contributed by atoms with Crippen molar-refractivity contribution in [3.05, 3.63) is 29.1 Å². The average molecular weight is 317 g/mol. The molecule has 0 aromatic heterocycles. The van der Waals surface area contributed by atoms with Crippen molar-refractivity contribution < 1.29 is 18.7 Å². The van der Waals surface area contributed by atoms with E-state index in [0.717, 1.165) is 43.4 Å². The molecule has 1 aromatic carbocycles. The highest BCUT2D eigenvalue weighted by atomic mass is 19.1. The zero-order valence-corrected chi connectivity index (χ0v) is 13.2. The summed E-state index contributed by atoms with van der Waals surface area (Å²) in [6, 6.07) is 3.02. The summed E-state index contributed by atoms with van der Waals surface area (Å²) in [5.41, 5.74) is 2.21. The molecule has 3 aliphatic heterocycles. The van der Waals surface area contributed by atoms with Crippen LogP contribution in [-0.4, -0.2) is 24.7 Å². The van der Waals surface area contributed by atoms with Crippen molar-refractivity contribution in [2.75, 3.05) is 18.1 Å². The molecule has 4 aliphatic rings. The zero-order valence-electron chi connectivity index (χ0n) is 13.2. The largest absolute Gasteiger partial charge is 0.336 e. The van der Waals surface area contributed by atoms with E-state index in [1.807, 2.05) is 4.90 Å². The minimum absolute atomic E-state index is 0.144. The van der Waals surface area contributed by atoms with Gasteiger partial charge in [-0.2, -0.15) is 0 Å². The molecule has 1 atom stereocenters. The number of halogens is 1. The van der Waals surface area contributed by atoms with Crippen LogP contribution in [0, 0.1) is 5.82 Å². The maximum atomic E-state index is 14.2. The molecule has 2 fully saturated rings. The normalized spacial score (nSPS) is 29.7. The van der Waals surface area contributed by atoms with Crippen LogP contribution < -0.4 is 4.90 Å². The summed E-state index contributed by atoms with van der Waals surface area (Å²) >= 11 is 0. The second kappa shape index (κ2) is 4.33. The Labute approximate surface area is 134 Å². The van der Waals surface area contributed by atoms with Crippen molar-refractivity contribution in [3.63, 3.8) is 0 Å². The Morgan fingerprint density at radius 1 is 1.22 bits per heavy atom. The number of rotatable bonds is 0. The molecule has 23 heavy (non-hydrogen) atoms. The summed E-state index contributed by atoms with van der Waals surface area (Å²) < 4.78 is 25.8. The van der Waals surface area contributed by atoms with E-state index < -0.39 is 5.79 Å². The van der Waals surface area contributed by atoms with Gasteiger partial charge in [-0.25, -0.2) is 4.39 Å². The number of hydrogen-bond donors (Lipinski definition) is 0. The van der Waals surface area contributed by atoms with E-state index >= 15 is 0 Å². The summed E-state index contributed by atoms with van der Waals surface area (Å²) in [6.45, 7) is 2.87. The van der Waals surface area contributed by atoms with E-state index in [0.29, 0.717) is 18.8 Å². The highest BCUT2D eigenvalue weighted by molar-refractivity contribution is 6.08. The first-order valence-electron chi connectivity index (χ1n) is 8.54. The van der Waals surface area contributed by atoms with Crippen LogP contribution >= 0.6 is 0 Å². The second-order valence-corrected chi connectivity index (χ2v) is 7.38. The van der Waals surface area contributed by atoms with Gasteiger partial charge in [0.1, 0.15) is 5.82 Å². The standard InChI is InChI=1S/C18H20FNO3/c1-11-10-17(4-2-3-5-17)20-15-13(11)8-12(19)9-14(15)18(16(20)21)22-6-7-23-18/h8-9,11H,2-7,10H2,1H3/t11-/m0/s1. The van der Waals surface area contributed by atoms with Gasteiger partial charge >= 0.3 is 0 Å². The highest BCUT2D eigenvalue weighted by Gasteiger charge is 2.63. The van der Waals surface area contributed by atoms with Crippen LogP contribution in [0.2, 0.25) is 0 Å². The number of anilines is 1. The Bertz CT molecular complexity index is 704. The first-order chi connectivity index (χ1) is 11.1. The van der Waals surface area contributed by atoms with Crippen molar-refractivity contribution in [2.45, 2.75) is 56.3 Å². The third kappa shape index (κ3) is 1.55. The molecule has 2 spiro atoms. The first kappa shape index (κ1) is 13.9. The lowest BCUT2D eigenvalue weighted by Crippen LogP contribution is -2.55. The van der Waals surface area contributed by atoms with Crippen LogP contribution in [0.3, 0.4) is 0 Å². The number of nitrogens with zero attached hydrogens (tertiary/aromatic N) is 1. The Morgan fingerprint density at radius 2 is 1.91 bits per heavy atom. The molecule has 1 saturated carbocycles. The molecular formula is C18H20FNO3. The summed E-state index contributed by atoms with van der Waals surface area (Å²) in [5.74, 6) is -1.64. The van der Waals surface area contributed by atoms with Crippen molar-refractivity contribution in [2.24, 2.45) is 0 Å². The lowest BCUT2D eigenvalue weighted by Gasteiger charge is -2.46. The summed E-state index contributed by atoms with van der Waals surface area (Å²) in [7, 11) is 0. The Hall–Kier alpha value is -1.46. The van der Waals surface area contributed by atoms with Gasteiger partial charge in [0.2, 0.25) is 0 Å². The van der Waals surface area contributed by atoms with E-state index in [-0.39, 0.29) is 23.2 Å². The summed E-state index contributed by atoms with van der Waals surface area (Å²) in [5, 5.41) is 0. The van der Waals surface area contributed by atoms with Crippen molar-refractivity contribution >= 4 is 11.6 Å². The van der Waals surface area contributed by atoms with Gasteiger partial charge in [0.05, 0.1) is 18.9 Å². The summed E-state index contributed by atoms with van der Waals surface area (Å²) in [4.78, 5) is 15.3. The molecule has 1 amide bonds. The fraction of sp³-hybridized carbons (Fsp3) is 0.611. The molecule has 0 radical (unpaired) electrons. The number of fused-ring (bicyclic) bond motifs is 2. The van der Waals surface area contributed by atoms with E-state index in [2.05, 4.69) is 6.92 Å². The fourth-order valence-corrected chi connectivity index (χ4v) is 5.24. The number of benzene rings is 1. The van der Waals surface area contributed by atoms with Gasteiger partial charge in [0.15, 0.2) is 0 Å². The first-order valence-corrected chi connectivity index (χ1v) is 8.54. The molecule has 1 aliphatic carbocycles. The second-order valence-electron chi connectivity index (χ2n) is 7.38. The molecule has 4 nitrogen and oxygen atoms in total. The van der Waals surface area contributed by atoms with Gasteiger partial charge in [0.25, 0.3) is 11.7 Å². The molecular weight excluding hydrogens is 297 g/mol. The van der Waals surface area contributed by atoms with Gasteiger partial charge < -0.3 is 14.4 Å². The number of carbonyl (C=O) groups is 1. The van der Waals surface area contributed by atoms with Crippen LogP contribution in [0.1, 0.15) is 56.1 Å².